The number of carbonyl (C=O) groups excluding carboxylic acids is 1. The molecule has 1 amide bonds. The zero-order chi connectivity index (χ0) is 22.0. The van der Waals surface area contributed by atoms with Crippen LogP contribution in [0.4, 0.5) is 5.69 Å². The van der Waals surface area contributed by atoms with Gasteiger partial charge in [-0.25, -0.2) is 9.67 Å². The predicted octanol–water partition coefficient (Wildman–Crippen LogP) is 2.89. The maximum Gasteiger partial charge on any atom is 0.264 e. The fourth-order valence-electron chi connectivity index (χ4n) is 3.08. The van der Waals surface area contributed by atoms with Crippen LogP contribution in [0.3, 0.4) is 0 Å². The van der Waals surface area contributed by atoms with Crippen molar-refractivity contribution >= 4 is 34.2 Å². The van der Waals surface area contributed by atoms with Gasteiger partial charge in [0.05, 0.1) is 31.8 Å². The largest absolute Gasteiger partial charge is 0.497 e. The van der Waals surface area contributed by atoms with Crippen molar-refractivity contribution in [2.75, 3.05) is 19.5 Å². The van der Waals surface area contributed by atoms with Crippen LogP contribution in [0.5, 0.6) is 11.5 Å². The van der Waals surface area contributed by atoms with Crippen molar-refractivity contribution in [1.29, 1.82) is 0 Å². The average molecular weight is 440 g/mol. The Morgan fingerprint density at radius 1 is 1.13 bits per heavy atom. The van der Waals surface area contributed by atoms with Gasteiger partial charge in [-0.1, -0.05) is 11.6 Å². The lowest BCUT2D eigenvalue weighted by atomic mass is 10.2. The summed E-state index contributed by atoms with van der Waals surface area (Å²) in [6.07, 6.45) is 2.75. The molecule has 0 aliphatic rings. The summed E-state index contributed by atoms with van der Waals surface area (Å²) >= 11 is 5.93. The molecule has 0 saturated carbocycles. The Hall–Kier alpha value is -3.85. The number of carbonyl (C=O) groups is 1. The van der Waals surface area contributed by atoms with Crippen LogP contribution >= 0.6 is 11.6 Å². The summed E-state index contributed by atoms with van der Waals surface area (Å²) in [6.45, 7) is -0.219. The highest BCUT2D eigenvalue weighted by Gasteiger charge is 2.14. The Bertz CT molecular complexity index is 1310. The van der Waals surface area contributed by atoms with E-state index in [9.17, 15) is 9.59 Å². The third kappa shape index (κ3) is 4.08. The second-order valence-corrected chi connectivity index (χ2v) is 7.00. The van der Waals surface area contributed by atoms with Crippen molar-refractivity contribution in [3.05, 3.63) is 70.4 Å². The summed E-state index contributed by atoms with van der Waals surface area (Å²) in [7, 11) is 3.03. The van der Waals surface area contributed by atoms with Crippen LogP contribution < -0.4 is 20.3 Å². The average Bonchev–Trinajstić information content (AvgIpc) is 3.21. The van der Waals surface area contributed by atoms with Gasteiger partial charge in [0.15, 0.2) is 5.65 Å². The van der Waals surface area contributed by atoms with Crippen LogP contribution in [0.15, 0.2) is 59.8 Å². The van der Waals surface area contributed by atoms with E-state index >= 15 is 0 Å². The monoisotopic (exact) mass is 439 g/mol. The van der Waals surface area contributed by atoms with E-state index in [1.807, 2.05) is 0 Å². The van der Waals surface area contributed by atoms with E-state index in [0.717, 1.165) is 0 Å². The molecular formula is C21H18ClN5O4. The molecule has 2 aromatic heterocycles. The molecule has 0 saturated heterocycles. The van der Waals surface area contributed by atoms with Crippen molar-refractivity contribution in [3.8, 4) is 17.2 Å². The molecule has 10 heteroatoms. The zero-order valence-electron chi connectivity index (χ0n) is 16.7. The minimum atomic E-state index is -0.406. The quantitative estimate of drug-likeness (QED) is 0.496. The van der Waals surface area contributed by atoms with Crippen LogP contribution in [-0.4, -0.2) is 39.5 Å². The van der Waals surface area contributed by atoms with Crippen molar-refractivity contribution in [2.24, 2.45) is 0 Å². The maximum absolute atomic E-state index is 12.8. The molecule has 2 heterocycles. The summed E-state index contributed by atoms with van der Waals surface area (Å²) in [5, 5.41) is 7.88. The standard InChI is InChI=1S/C21H18ClN5O4/c1-30-15-7-8-17(18(9-15)31-2)25-19(28)11-26-12-23-20-16(21(26)29)10-24-27(20)14-5-3-13(22)4-6-14/h3-10,12H,11H2,1-2H3,(H,25,28). The number of ether oxygens (including phenoxy) is 2. The summed E-state index contributed by atoms with van der Waals surface area (Å²) < 4.78 is 13.2. The molecule has 0 spiro atoms. The van der Waals surface area contributed by atoms with Gasteiger partial charge in [-0.15, -0.1) is 0 Å². The van der Waals surface area contributed by atoms with Gasteiger partial charge in [0.1, 0.15) is 29.8 Å². The molecule has 1 N–H and O–H groups in total. The second-order valence-electron chi connectivity index (χ2n) is 6.56. The number of nitrogens with one attached hydrogen (secondary N) is 1. The zero-order valence-corrected chi connectivity index (χ0v) is 17.5. The Labute approximate surface area is 181 Å². The number of hydrogen-bond donors (Lipinski definition) is 1. The van der Waals surface area contributed by atoms with Crippen LogP contribution in [0.2, 0.25) is 5.02 Å². The lowest BCUT2D eigenvalue weighted by Crippen LogP contribution is -2.28. The summed E-state index contributed by atoms with van der Waals surface area (Å²) in [5.41, 5.74) is 1.20. The molecule has 0 bridgehead atoms. The van der Waals surface area contributed by atoms with Crippen LogP contribution in [0, 0.1) is 0 Å². The number of anilines is 1. The smallest absolute Gasteiger partial charge is 0.264 e. The molecule has 0 aliphatic heterocycles. The third-order valence-corrected chi connectivity index (χ3v) is 4.87. The summed E-state index contributed by atoms with van der Waals surface area (Å²) in [5.74, 6) is 0.632. The predicted molar refractivity (Wildman–Crippen MR) is 116 cm³/mol. The Morgan fingerprint density at radius 2 is 1.90 bits per heavy atom. The first-order valence-electron chi connectivity index (χ1n) is 9.21. The highest BCUT2D eigenvalue weighted by atomic mass is 35.5. The molecule has 9 nitrogen and oxygen atoms in total. The number of rotatable bonds is 6. The molecule has 0 unspecified atom stereocenters. The molecule has 0 fully saturated rings. The number of halogens is 1. The van der Waals surface area contributed by atoms with Gasteiger partial charge in [0.2, 0.25) is 5.91 Å². The molecule has 0 radical (unpaired) electrons. The molecular weight excluding hydrogens is 422 g/mol. The van der Waals surface area contributed by atoms with E-state index < -0.39 is 5.91 Å². The molecule has 158 valence electrons. The number of benzene rings is 2. The van der Waals surface area contributed by atoms with Gasteiger partial charge in [-0.2, -0.15) is 5.10 Å². The first-order chi connectivity index (χ1) is 15.0. The van der Waals surface area contributed by atoms with Crippen LogP contribution in [0.25, 0.3) is 16.7 Å². The van der Waals surface area contributed by atoms with Gasteiger partial charge in [-0.3, -0.25) is 14.2 Å². The van der Waals surface area contributed by atoms with E-state index in [1.165, 1.54) is 31.3 Å². The SMILES string of the molecule is COc1ccc(NC(=O)Cn2cnc3c(cnn3-c3ccc(Cl)cc3)c2=O)c(OC)c1. The van der Waals surface area contributed by atoms with Crippen molar-refractivity contribution in [3.63, 3.8) is 0 Å². The number of hydrogen-bond acceptors (Lipinski definition) is 6. The van der Waals surface area contributed by atoms with E-state index in [-0.39, 0.29) is 12.1 Å². The number of nitrogens with zero attached hydrogens (tertiary/aromatic N) is 4. The summed E-state index contributed by atoms with van der Waals surface area (Å²) in [4.78, 5) is 29.7. The van der Waals surface area contributed by atoms with Gasteiger partial charge < -0.3 is 14.8 Å². The highest BCUT2D eigenvalue weighted by Crippen LogP contribution is 2.29. The van der Waals surface area contributed by atoms with Gasteiger partial charge >= 0.3 is 0 Å². The highest BCUT2D eigenvalue weighted by molar-refractivity contribution is 6.30. The van der Waals surface area contributed by atoms with E-state index in [2.05, 4.69) is 15.4 Å². The third-order valence-electron chi connectivity index (χ3n) is 4.62. The molecule has 31 heavy (non-hydrogen) atoms. The Balaban J connectivity index is 1.58. The first-order valence-corrected chi connectivity index (χ1v) is 9.59. The van der Waals surface area contributed by atoms with Crippen molar-refractivity contribution in [2.45, 2.75) is 6.54 Å². The van der Waals surface area contributed by atoms with Crippen molar-refractivity contribution in [1.82, 2.24) is 19.3 Å². The number of amides is 1. The number of methoxy groups -OCH3 is 2. The molecule has 4 rings (SSSR count). The molecule has 0 atom stereocenters. The Kier molecular flexibility index (Phi) is 5.59. The number of fused-ring (bicyclic) bond motifs is 1. The van der Waals surface area contributed by atoms with E-state index in [0.29, 0.717) is 38.9 Å². The minimum absolute atomic E-state index is 0.219. The Morgan fingerprint density at radius 3 is 2.61 bits per heavy atom. The maximum atomic E-state index is 12.8. The number of aromatic nitrogens is 4. The fourth-order valence-corrected chi connectivity index (χ4v) is 3.20. The van der Waals surface area contributed by atoms with Crippen LogP contribution in [0.1, 0.15) is 0 Å². The van der Waals surface area contributed by atoms with Gasteiger partial charge in [0, 0.05) is 11.1 Å². The fraction of sp³-hybridized carbons (Fsp3) is 0.143. The lowest BCUT2D eigenvalue weighted by Gasteiger charge is -2.12. The molecule has 0 aliphatic carbocycles. The minimum Gasteiger partial charge on any atom is -0.497 e. The second kappa shape index (κ2) is 8.49. The van der Waals surface area contributed by atoms with E-state index in [4.69, 9.17) is 21.1 Å². The molecule has 4 aromatic rings. The van der Waals surface area contributed by atoms with Crippen LogP contribution in [-0.2, 0) is 11.3 Å². The topological polar surface area (TPSA) is 100 Å². The summed E-state index contributed by atoms with van der Waals surface area (Å²) in [6, 6.07) is 12.0. The normalized spacial score (nSPS) is 10.8. The van der Waals surface area contributed by atoms with Gasteiger partial charge in [-0.05, 0) is 36.4 Å². The molecule has 2 aromatic carbocycles. The van der Waals surface area contributed by atoms with Crippen molar-refractivity contribution < 1.29 is 14.3 Å². The lowest BCUT2D eigenvalue weighted by molar-refractivity contribution is -0.116. The first kappa shape index (κ1) is 20.4. The van der Waals surface area contributed by atoms with Gasteiger partial charge in [0.25, 0.3) is 5.56 Å². The van der Waals surface area contributed by atoms with E-state index in [1.54, 1.807) is 47.1 Å².